The Balaban J connectivity index is 2.09. The second-order valence-electron chi connectivity index (χ2n) is 4.57. The Labute approximate surface area is 115 Å². The number of hydrogen-bond donors (Lipinski definition) is 2. The standard InChI is InChI=1S/C12H15ClFN3O2/c13-9-5-12(17(18)19)11(6-10(9)14)16-7-8-3-1-2-4-15-8/h5-6,8,15-16H,1-4,7H2. The van der Waals surface area contributed by atoms with Crippen molar-refractivity contribution in [3.63, 3.8) is 0 Å². The van der Waals surface area contributed by atoms with Crippen molar-refractivity contribution in [2.24, 2.45) is 0 Å². The van der Waals surface area contributed by atoms with Gasteiger partial charge in [-0.1, -0.05) is 18.0 Å². The summed E-state index contributed by atoms with van der Waals surface area (Å²) in [5.41, 5.74) is -0.0403. The van der Waals surface area contributed by atoms with Gasteiger partial charge in [0, 0.05) is 24.7 Å². The highest BCUT2D eigenvalue weighted by Crippen LogP contribution is 2.30. The fraction of sp³-hybridized carbons (Fsp3) is 0.500. The Morgan fingerprint density at radius 1 is 1.53 bits per heavy atom. The first-order valence-electron chi connectivity index (χ1n) is 6.18. The molecular formula is C12H15ClFN3O2. The maximum absolute atomic E-state index is 13.4. The topological polar surface area (TPSA) is 67.2 Å². The molecule has 2 N–H and O–H groups in total. The van der Waals surface area contributed by atoms with Crippen LogP contribution in [0.25, 0.3) is 0 Å². The Morgan fingerprint density at radius 2 is 2.32 bits per heavy atom. The number of rotatable bonds is 4. The Bertz CT molecular complexity index is 478. The molecule has 0 saturated carbocycles. The van der Waals surface area contributed by atoms with E-state index in [2.05, 4.69) is 10.6 Å². The fourth-order valence-corrected chi connectivity index (χ4v) is 2.32. The third-order valence-corrected chi connectivity index (χ3v) is 3.48. The van der Waals surface area contributed by atoms with Crippen molar-refractivity contribution >= 4 is 23.0 Å². The molecule has 19 heavy (non-hydrogen) atoms. The highest BCUT2D eigenvalue weighted by molar-refractivity contribution is 6.31. The van der Waals surface area contributed by atoms with Gasteiger partial charge in [-0.05, 0) is 19.4 Å². The van der Waals surface area contributed by atoms with Gasteiger partial charge in [0.1, 0.15) is 11.5 Å². The molecule has 5 nitrogen and oxygen atoms in total. The van der Waals surface area contributed by atoms with Crippen molar-refractivity contribution in [1.82, 2.24) is 5.32 Å². The van der Waals surface area contributed by atoms with Crippen molar-refractivity contribution in [1.29, 1.82) is 0 Å². The third-order valence-electron chi connectivity index (χ3n) is 3.19. The Morgan fingerprint density at radius 3 is 2.95 bits per heavy atom. The number of piperidine rings is 1. The number of anilines is 1. The minimum Gasteiger partial charge on any atom is -0.378 e. The molecule has 1 aliphatic rings. The quantitative estimate of drug-likeness (QED) is 0.660. The zero-order valence-corrected chi connectivity index (χ0v) is 11.0. The SMILES string of the molecule is O=[N+]([O-])c1cc(Cl)c(F)cc1NCC1CCCCN1. The van der Waals surface area contributed by atoms with E-state index < -0.39 is 10.7 Å². The molecule has 2 rings (SSSR count). The summed E-state index contributed by atoms with van der Waals surface area (Å²) >= 11 is 5.56. The van der Waals surface area contributed by atoms with Gasteiger partial charge in [0.15, 0.2) is 0 Å². The van der Waals surface area contributed by atoms with E-state index in [-0.39, 0.29) is 22.4 Å². The lowest BCUT2D eigenvalue weighted by Crippen LogP contribution is -2.39. The van der Waals surface area contributed by atoms with Crippen LogP contribution < -0.4 is 10.6 Å². The number of hydrogen-bond acceptors (Lipinski definition) is 4. The van der Waals surface area contributed by atoms with Crippen LogP contribution in [0.5, 0.6) is 0 Å². The zero-order chi connectivity index (χ0) is 13.8. The molecule has 0 radical (unpaired) electrons. The fourth-order valence-electron chi connectivity index (χ4n) is 2.16. The van der Waals surface area contributed by atoms with Crippen molar-refractivity contribution in [3.05, 3.63) is 33.1 Å². The molecule has 7 heteroatoms. The highest BCUT2D eigenvalue weighted by Gasteiger charge is 2.19. The lowest BCUT2D eigenvalue weighted by molar-refractivity contribution is -0.384. The first-order valence-corrected chi connectivity index (χ1v) is 6.56. The minimum atomic E-state index is -0.661. The number of nitrogens with zero attached hydrogens (tertiary/aromatic N) is 1. The summed E-state index contributed by atoms with van der Waals surface area (Å²) in [6.45, 7) is 1.48. The molecule has 0 aliphatic carbocycles. The molecule has 1 aromatic rings. The first kappa shape index (κ1) is 14.0. The van der Waals surface area contributed by atoms with Gasteiger partial charge in [0.2, 0.25) is 0 Å². The largest absolute Gasteiger partial charge is 0.378 e. The molecule has 1 aromatic carbocycles. The van der Waals surface area contributed by atoms with Crippen molar-refractivity contribution in [2.45, 2.75) is 25.3 Å². The molecule has 1 atom stereocenters. The minimum absolute atomic E-state index is 0.166. The molecule has 0 aromatic heterocycles. The monoisotopic (exact) mass is 287 g/mol. The van der Waals surface area contributed by atoms with Crippen LogP contribution in [0.4, 0.5) is 15.8 Å². The molecule has 0 spiro atoms. The summed E-state index contributed by atoms with van der Waals surface area (Å²) in [5.74, 6) is -0.661. The third kappa shape index (κ3) is 3.54. The van der Waals surface area contributed by atoms with Gasteiger partial charge in [-0.3, -0.25) is 10.1 Å². The summed E-state index contributed by atoms with van der Waals surface area (Å²) in [5, 5.41) is 16.9. The first-order chi connectivity index (χ1) is 9.08. The molecule has 104 valence electrons. The van der Waals surface area contributed by atoms with Gasteiger partial charge in [0.05, 0.1) is 9.95 Å². The number of nitrogens with one attached hydrogen (secondary N) is 2. The lowest BCUT2D eigenvalue weighted by atomic mass is 10.1. The van der Waals surface area contributed by atoms with Gasteiger partial charge in [-0.25, -0.2) is 4.39 Å². The van der Waals surface area contributed by atoms with Crippen LogP contribution in [0.1, 0.15) is 19.3 Å². The van der Waals surface area contributed by atoms with E-state index in [1.54, 1.807) is 0 Å². The Kier molecular flexibility index (Phi) is 4.55. The maximum atomic E-state index is 13.4. The number of nitro groups is 1. The van der Waals surface area contributed by atoms with Gasteiger partial charge < -0.3 is 10.6 Å². The van der Waals surface area contributed by atoms with Crippen LogP contribution in [-0.4, -0.2) is 24.1 Å². The second-order valence-corrected chi connectivity index (χ2v) is 4.98. The average Bonchev–Trinajstić information content (AvgIpc) is 2.40. The predicted octanol–water partition coefficient (Wildman–Crippen LogP) is 2.94. The van der Waals surface area contributed by atoms with E-state index in [1.165, 1.54) is 0 Å². The molecule has 0 bridgehead atoms. The number of benzene rings is 1. The second kappa shape index (κ2) is 6.16. The van der Waals surface area contributed by atoms with E-state index in [4.69, 9.17) is 11.6 Å². The van der Waals surface area contributed by atoms with Crippen LogP contribution in [0.3, 0.4) is 0 Å². The summed E-state index contributed by atoms with van der Waals surface area (Å²) in [7, 11) is 0. The summed E-state index contributed by atoms with van der Waals surface area (Å²) in [4.78, 5) is 10.3. The van der Waals surface area contributed by atoms with Crippen molar-refractivity contribution in [2.75, 3.05) is 18.4 Å². The smallest absolute Gasteiger partial charge is 0.294 e. The number of nitro benzene ring substituents is 1. The molecular weight excluding hydrogens is 273 g/mol. The summed E-state index contributed by atoms with van der Waals surface area (Å²) in [6.07, 6.45) is 3.29. The van der Waals surface area contributed by atoms with E-state index >= 15 is 0 Å². The zero-order valence-electron chi connectivity index (χ0n) is 10.3. The molecule has 1 aliphatic heterocycles. The van der Waals surface area contributed by atoms with E-state index in [1.807, 2.05) is 0 Å². The van der Waals surface area contributed by atoms with Crippen LogP contribution in [0, 0.1) is 15.9 Å². The van der Waals surface area contributed by atoms with E-state index in [0.717, 1.165) is 37.9 Å². The van der Waals surface area contributed by atoms with Crippen LogP contribution in [0.15, 0.2) is 12.1 Å². The molecule has 1 unspecified atom stereocenters. The van der Waals surface area contributed by atoms with Crippen molar-refractivity contribution in [3.8, 4) is 0 Å². The highest BCUT2D eigenvalue weighted by atomic mass is 35.5. The molecule has 1 heterocycles. The molecule has 1 fully saturated rings. The van der Waals surface area contributed by atoms with E-state index in [9.17, 15) is 14.5 Å². The van der Waals surface area contributed by atoms with Crippen LogP contribution >= 0.6 is 11.6 Å². The summed E-state index contributed by atoms with van der Waals surface area (Å²) < 4.78 is 13.4. The van der Waals surface area contributed by atoms with Gasteiger partial charge in [-0.2, -0.15) is 0 Å². The van der Waals surface area contributed by atoms with Gasteiger partial charge >= 0.3 is 0 Å². The predicted molar refractivity (Wildman–Crippen MR) is 72.2 cm³/mol. The molecule has 1 saturated heterocycles. The summed E-state index contributed by atoms with van der Waals surface area (Å²) in [6, 6.07) is 2.36. The van der Waals surface area contributed by atoms with Crippen LogP contribution in [-0.2, 0) is 0 Å². The molecule has 0 amide bonds. The lowest BCUT2D eigenvalue weighted by Gasteiger charge is -2.24. The van der Waals surface area contributed by atoms with E-state index in [0.29, 0.717) is 6.54 Å². The van der Waals surface area contributed by atoms with Crippen LogP contribution in [0.2, 0.25) is 5.02 Å². The normalized spacial score (nSPS) is 19.2. The number of halogens is 2. The maximum Gasteiger partial charge on any atom is 0.294 e. The average molecular weight is 288 g/mol. The van der Waals surface area contributed by atoms with Crippen molar-refractivity contribution < 1.29 is 9.31 Å². The Hall–Kier alpha value is -1.40. The van der Waals surface area contributed by atoms with Gasteiger partial charge in [0.25, 0.3) is 5.69 Å². The van der Waals surface area contributed by atoms with Gasteiger partial charge in [-0.15, -0.1) is 0 Å².